The lowest BCUT2D eigenvalue weighted by Gasteiger charge is -2.06. The minimum absolute atomic E-state index is 0.565. The smallest absolute Gasteiger partial charge is 0.150 e. The summed E-state index contributed by atoms with van der Waals surface area (Å²) in [5.74, 6) is 2.58. The number of nitrogens with zero attached hydrogens (tertiary/aromatic N) is 1. The largest absolute Gasteiger partial charge is 0.200 e. The Morgan fingerprint density at radius 2 is 0.733 bits per heavy atom. The molecule has 1 unspecified atom stereocenters. The highest BCUT2D eigenvalue weighted by Gasteiger charge is 2.22. The maximum atomic E-state index is 4.73. The van der Waals surface area contributed by atoms with E-state index in [9.17, 15) is 0 Å². The lowest BCUT2D eigenvalue weighted by atomic mass is 10.0. The van der Waals surface area contributed by atoms with Crippen molar-refractivity contribution in [1.82, 2.24) is 0 Å². The van der Waals surface area contributed by atoms with Crippen LogP contribution in [0.15, 0.2) is 4.40 Å². The molecule has 1 heterocycles. The second-order valence-corrected chi connectivity index (χ2v) is 21.4. The number of rotatable bonds is 37. The summed E-state index contributed by atoms with van der Waals surface area (Å²) in [4.78, 5) is 0. The van der Waals surface area contributed by atoms with Crippen LogP contribution in [0, 0.1) is 0 Å². The quantitative estimate of drug-likeness (QED) is 0.0355. The van der Waals surface area contributed by atoms with Crippen LogP contribution in [0.25, 0.3) is 0 Å². The molecule has 0 N–H and O–H groups in total. The highest BCUT2D eigenvalue weighted by Crippen LogP contribution is 2.50. The van der Waals surface area contributed by atoms with Crippen molar-refractivity contribution in [3.63, 3.8) is 0 Å². The van der Waals surface area contributed by atoms with E-state index in [2.05, 4.69) is 24.6 Å². The monoisotopic (exact) mass is 737 g/mol. The number of hydrogen-bond donors (Lipinski definition) is 0. The van der Waals surface area contributed by atoms with E-state index in [0.717, 1.165) is 0 Å². The molecule has 1 nitrogen and oxygen atoms in total. The Balaban J connectivity index is 1.72. The zero-order valence-corrected chi connectivity index (χ0v) is 34.9. The van der Waals surface area contributed by atoms with Crippen LogP contribution < -0.4 is 0 Å². The van der Waals surface area contributed by atoms with Crippen molar-refractivity contribution >= 4 is 71.3 Å². The molecule has 1 aliphatic rings. The van der Waals surface area contributed by atoms with Crippen molar-refractivity contribution < 1.29 is 0 Å². The Morgan fingerprint density at radius 1 is 0.422 bits per heavy atom. The molecular weight excluding hydrogens is 663 g/mol. The van der Waals surface area contributed by atoms with Crippen LogP contribution in [0.1, 0.15) is 219 Å². The normalized spacial score (nSPS) is 14.9. The predicted octanol–water partition coefficient (Wildman–Crippen LogP) is 17.3. The van der Waals surface area contributed by atoms with Crippen LogP contribution in [0.4, 0.5) is 0 Å². The molecule has 0 saturated carbocycles. The lowest BCUT2D eigenvalue weighted by Crippen LogP contribution is -1.87. The molecule has 0 amide bonds. The fraction of sp³-hybridized carbons (Fsp3) is 0.974. The van der Waals surface area contributed by atoms with Gasteiger partial charge in [0.25, 0.3) is 0 Å². The first-order valence-corrected chi connectivity index (χ1v) is 26.3. The van der Waals surface area contributed by atoms with E-state index < -0.39 is 0 Å². The highest BCUT2D eigenvalue weighted by atomic mass is 33.1. The Bertz CT molecular complexity index is 605. The van der Waals surface area contributed by atoms with Crippen molar-refractivity contribution in [1.29, 1.82) is 0 Å². The molecule has 7 heteroatoms. The summed E-state index contributed by atoms with van der Waals surface area (Å²) >= 11 is 3.77. The summed E-state index contributed by atoms with van der Waals surface area (Å²) in [6.45, 7) is 4.61. The summed E-state index contributed by atoms with van der Waals surface area (Å²) in [6, 6.07) is 0. The second-order valence-electron chi connectivity index (χ2n) is 13.3. The zero-order valence-electron chi connectivity index (χ0n) is 30.0. The van der Waals surface area contributed by atoms with Gasteiger partial charge in [0.15, 0.2) is 4.38 Å². The Labute approximate surface area is 308 Å². The SMILES string of the molecule is CCCCCCCCCCCCCCCCCCSSC1=NSC(SSCCCCCCCCCCCCCCCCCC)S1. The molecule has 0 bridgehead atoms. The molecule has 0 saturated heterocycles. The first-order valence-electron chi connectivity index (χ1n) is 19.8. The van der Waals surface area contributed by atoms with Gasteiger partial charge < -0.3 is 0 Å². The Kier molecular flexibility index (Phi) is 38.4. The molecule has 0 aromatic heterocycles. The third kappa shape index (κ3) is 34.0. The van der Waals surface area contributed by atoms with E-state index in [1.165, 1.54) is 221 Å². The molecule has 0 spiro atoms. The molecule has 268 valence electrons. The minimum atomic E-state index is 0.565. The van der Waals surface area contributed by atoms with Gasteiger partial charge in [-0.25, -0.2) is 0 Å². The molecule has 45 heavy (non-hydrogen) atoms. The van der Waals surface area contributed by atoms with Gasteiger partial charge in [-0.15, -0.1) is 0 Å². The second kappa shape index (κ2) is 38.6. The van der Waals surface area contributed by atoms with Gasteiger partial charge in [0.2, 0.25) is 0 Å². The van der Waals surface area contributed by atoms with Crippen LogP contribution in [0.3, 0.4) is 0 Å². The molecular formula is C38H75NS6. The van der Waals surface area contributed by atoms with Gasteiger partial charge in [-0.05, 0) is 23.6 Å². The Morgan fingerprint density at radius 3 is 1.09 bits per heavy atom. The topological polar surface area (TPSA) is 12.4 Å². The van der Waals surface area contributed by atoms with Gasteiger partial charge in [0.1, 0.15) is 3.91 Å². The van der Waals surface area contributed by atoms with Gasteiger partial charge >= 0.3 is 0 Å². The molecule has 0 aliphatic carbocycles. The molecule has 1 rings (SSSR count). The first kappa shape index (κ1) is 44.8. The van der Waals surface area contributed by atoms with Crippen LogP contribution >= 0.6 is 66.9 Å². The number of hydrogen-bond acceptors (Lipinski definition) is 7. The van der Waals surface area contributed by atoms with E-state index in [0.29, 0.717) is 3.91 Å². The number of thioether (sulfide) groups is 1. The molecule has 0 fully saturated rings. The van der Waals surface area contributed by atoms with Crippen LogP contribution in [-0.4, -0.2) is 19.8 Å². The van der Waals surface area contributed by atoms with Gasteiger partial charge in [-0.2, -0.15) is 4.40 Å². The molecule has 1 atom stereocenters. The average Bonchev–Trinajstić information content (AvgIpc) is 3.51. The average molecular weight is 738 g/mol. The van der Waals surface area contributed by atoms with Crippen LogP contribution in [0.5, 0.6) is 0 Å². The summed E-state index contributed by atoms with van der Waals surface area (Å²) in [6.07, 6.45) is 46.4. The van der Waals surface area contributed by atoms with E-state index in [-0.39, 0.29) is 0 Å². The van der Waals surface area contributed by atoms with Crippen molar-refractivity contribution in [3.8, 4) is 0 Å². The van der Waals surface area contributed by atoms with E-state index >= 15 is 0 Å². The summed E-state index contributed by atoms with van der Waals surface area (Å²) in [5.41, 5.74) is 0. The predicted molar refractivity (Wildman–Crippen MR) is 226 cm³/mol. The molecule has 0 radical (unpaired) electrons. The van der Waals surface area contributed by atoms with Gasteiger partial charge in [0, 0.05) is 23.5 Å². The van der Waals surface area contributed by atoms with Gasteiger partial charge in [0.05, 0.1) is 0 Å². The molecule has 0 aromatic carbocycles. The Hall–Kier alpha value is 1.77. The number of unbranched alkanes of at least 4 members (excludes halogenated alkanes) is 30. The summed E-state index contributed by atoms with van der Waals surface area (Å²) in [5, 5.41) is 0. The third-order valence-corrected chi connectivity index (χ3v) is 17.7. The minimum Gasteiger partial charge on any atom is -0.200 e. The van der Waals surface area contributed by atoms with Crippen molar-refractivity contribution in [2.24, 2.45) is 4.40 Å². The van der Waals surface area contributed by atoms with Crippen LogP contribution in [-0.2, 0) is 0 Å². The van der Waals surface area contributed by atoms with E-state index in [4.69, 9.17) is 4.40 Å². The fourth-order valence-electron chi connectivity index (χ4n) is 5.90. The highest BCUT2D eigenvalue weighted by molar-refractivity contribution is 8.88. The van der Waals surface area contributed by atoms with Crippen LogP contribution in [0.2, 0.25) is 0 Å². The summed E-state index contributed by atoms with van der Waals surface area (Å²) < 4.78 is 6.59. The fourth-order valence-corrected chi connectivity index (χ4v) is 14.5. The van der Waals surface area contributed by atoms with Gasteiger partial charge in [-0.3, -0.25) is 0 Å². The summed E-state index contributed by atoms with van der Waals surface area (Å²) in [7, 11) is 8.08. The third-order valence-electron chi connectivity index (χ3n) is 8.85. The lowest BCUT2D eigenvalue weighted by molar-refractivity contribution is 0.532. The van der Waals surface area contributed by atoms with Crippen molar-refractivity contribution in [2.45, 2.75) is 223 Å². The van der Waals surface area contributed by atoms with E-state index in [1.54, 1.807) is 11.9 Å². The standard InChI is InChI=1S/C38H75NS6/c1-3-5-7-9-11-13-15-17-19-21-23-25-27-29-31-33-35-40-44-37-39-43-38(42-37)45-41-36-34-32-30-28-26-24-22-20-18-16-14-12-10-8-6-4-2/h38H,3-36H2,1-2H3. The van der Waals surface area contributed by atoms with E-state index in [1.807, 2.05) is 44.1 Å². The maximum Gasteiger partial charge on any atom is 0.150 e. The maximum absolute atomic E-state index is 4.73. The van der Waals surface area contributed by atoms with Crippen molar-refractivity contribution in [3.05, 3.63) is 0 Å². The first-order chi connectivity index (χ1) is 22.4. The molecule has 0 aromatic rings. The molecule has 1 aliphatic heterocycles. The zero-order chi connectivity index (χ0) is 32.1. The van der Waals surface area contributed by atoms with Crippen molar-refractivity contribution in [2.75, 3.05) is 11.5 Å². The van der Waals surface area contributed by atoms with Gasteiger partial charge in [-0.1, -0.05) is 251 Å².